The molecule has 0 bridgehead atoms. The Balaban J connectivity index is 2.02. The van der Waals surface area contributed by atoms with Crippen molar-refractivity contribution in [2.24, 2.45) is 0 Å². The Hall–Kier alpha value is -2.34. The van der Waals surface area contributed by atoms with Crippen LogP contribution in [0.15, 0.2) is 48.5 Å². The van der Waals surface area contributed by atoms with Crippen LogP contribution in [0, 0.1) is 11.6 Å². The fourth-order valence-corrected chi connectivity index (χ4v) is 1.72. The number of hydrogen-bond acceptors (Lipinski definition) is 2. The summed E-state index contributed by atoms with van der Waals surface area (Å²) in [5.41, 5.74) is 0.278. The molecule has 0 aromatic heterocycles. The van der Waals surface area contributed by atoms with Crippen molar-refractivity contribution < 1.29 is 13.6 Å². The third-order valence-corrected chi connectivity index (χ3v) is 2.64. The Morgan fingerprint density at radius 2 is 1.80 bits per heavy atom. The number of benzene rings is 2. The van der Waals surface area contributed by atoms with E-state index in [-0.39, 0.29) is 16.4 Å². The van der Waals surface area contributed by atoms with Gasteiger partial charge in [-0.1, -0.05) is 18.2 Å². The number of para-hydroxylation sites is 1. The van der Waals surface area contributed by atoms with E-state index in [2.05, 4.69) is 10.6 Å². The third-order valence-electron chi connectivity index (χ3n) is 2.44. The van der Waals surface area contributed by atoms with Crippen LogP contribution >= 0.6 is 12.2 Å². The first-order valence-electron chi connectivity index (χ1n) is 5.68. The second-order valence-electron chi connectivity index (χ2n) is 3.90. The van der Waals surface area contributed by atoms with Crippen molar-refractivity contribution in [2.45, 2.75) is 0 Å². The molecule has 0 heterocycles. The lowest BCUT2D eigenvalue weighted by molar-refractivity contribution is 0.0977. The summed E-state index contributed by atoms with van der Waals surface area (Å²) in [7, 11) is 0. The highest BCUT2D eigenvalue weighted by Crippen LogP contribution is 2.12. The van der Waals surface area contributed by atoms with Crippen LogP contribution in [-0.4, -0.2) is 11.0 Å². The number of amides is 1. The summed E-state index contributed by atoms with van der Waals surface area (Å²) in [5.74, 6) is -1.58. The van der Waals surface area contributed by atoms with E-state index in [0.717, 1.165) is 6.07 Å². The smallest absolute Gasteiger partial charge is 0.257 e. The van der Waals surface area contributed by atoms with Crippen LogP contribution in [0.1, 0.15) is 10.4 Å². The van der Waals surface area contributed by atoms with Gasteiger partial charge < -0.3 is 5.32 Å². The van der Waals surface area contributed by atoms with E-state index in [1.165, 1.54) is 36.4 Å². The van der Waals surface area contributed by atoms with Crippen molar-refractivity contribution in [2.75, 3.05) is 5.32 Å². The molecule has 0 aliphatic rings. The molecule has 102 valence electrons. The lowest BCUT2D eigenvalue weighted by atomic mass is 10.2. The molecular formula is C14H10F2N2OS. The molecule has 0 unspecified atom stereocenters. The molecule has 0 aliphatic heterocycles. The molecule has 6 heteroatoms. The van der Waals surface area contributed by atoms with Crippen LogP contribution in [-0.2, 0) is 0 Å². The van der Waals surface area contributed by atoms with Gasteiger partial charge in [0.05, 0.1) is 5.69 Å². The highest BCUT2D eigenvalue weighted by Gasteiger charge is 2.09. The van der Waals surface area contributed by atoms with Gasteiger partial charge in [-0.3, -0.25) is 10.1 Å². The Labute approximate surface area is 119 Å². The van der Waals surface area contributed by atoms with Crippen molar-refractivity contribution in [3.8, 4) is 0 Å². The summed E-state index contributed by atoms with van der Waals surface area (Å²) in [6.45, 7) is 0. The molecule has 0 saturated carbocycles. The van der Waals surface area contributed by atoms with Crippen molar-refractivity contribution in [1.29, 1.82) is 0 Å². The molecular weight excluding hydrogens is 282 g/mol. The molecule has 2 aromatic carbocycles. The largest absolute Gasteiger partial charge is 0.330 e. The van der Waals surface area contributed by atoms with E-state index in [9.17, 15) is 13.6 Å². The summed E-state index contributed by atoms with van der Waals surface area (Å²) < 4.78 is 26.4. The van der Waals surface area contributed by atoms with E-state index in [1.807, 2.05) is 0 Å². The highest BCUT2D eigenvalue weighted by atomic mass is 32.1. The molecule has 0 spiro atoms. The summed E-state index contributed by atoms with van der Waals surface area (Å²) in [6, 6.07) is 11.1. The minimum atomic E-state index is -0.571. The number of halogens is 2. The van der Waals surface area contributed by atoms with Crippen LogP contribution in [0.4, 0.5) is 14.5 Å². The molecule has 2 N–H and O–H groups in total. The number of anilines is 1. The van der Waals surface area contributed by atoms with Crippen molar-refractivity contribution in [3.05, 3.63) is 65.7 Å². The Morgan fingerprint density at radius 3 is 2.50 bits per heavy atom. The number of carbonyl (C=O) groups excluding carboxylic acids is 1. The lowest BCUT2D eigenvalue weighted by Gasteiger charge is -2.10. The summed E-state index contributed by atoms with van der Waals surface area (Å²) in [6.07, 6.45) is 0. The minimum Gasteiger partial charge on any atom is -0.330 e. The first kappa shape index (κ1) is 14.1. The average Bonchev–Trinajstić information content (AvgIpc) is 2.41. The molecule has 0 atom stereocenters. The highest BCUT2D eigenvalue weighted by molar-refractivity contribution is 7.80. The normalized spacial score (nSPS) is 9.90. The topological polar surface area (TPSA) is 41.1 Å². The quantitative estimate of drug-likeness (QED) is 0.836. The van der Waals surface area contributed by atoms with Gasteiger partial charge in [0.2, 0.25) is 0 Å². The molecule has 0 fully saturated rings. The number of hydrogen-bond donors (Lipinski definition) is 2. The molecule has 0 radical (unpaired) electrons. The maximum absolute atomic E-state index is 13.4. The van der Waals surface area contributed by atoms with Crippen LogP contribution in [0.5, 0.6) is 0 Å². The fraction of sp³-hybridized carbons (Fsp3) is 0. The maximum atomic E-state index is 13.4. The molecule has 20 heavy (non-hydrogen) atoms. The van der Waals surface area contributed by atoms with Crippen LogP contribution in [0.25, 0.3) is 0 Å². The predicted octanol–water partition coefficient (Wildman–Crippen LogP) is 3.09. The zero-order valence-corrected chi connectivity index (χ0v) is 11.0. The van der Waals surface area contributed by atoms with Gasteiger partial charge in [-0.05, 0) is 42.5 Å². The molecule has 0 aliphatic carbocycles. The summed E-state index contributed by atoms with van der Waals surface area (Å²) >= 11 is 4.90. The summed E-state index contributed by atoms with van der Waals surface area (Å²) in [5, 5.41) is 4.84. The van der Waals surface area contributed by atoms with Crippen molar-refractivity contribution >= 4 is 28.9 Å². The fourth-order valence-electron chi connectivity index (χ4n) is 1.52. The molecule has 2 aromatic rings. The number of carbonyl (C=O) groups is 1. The van der Waals surface area contributed by atoms with Crippen LogP contribution < -0.4 is 10.6 Å². The lowest BCUT2D eigenvalue weighted by Crippen LogP contribution is -2.34. The second kappa shape index (κ2) is 6.21. The van der Waals surface area contributed by atoms with Crippen LogP contribution in [0.3, 0.4) is 0 Å². The Morgan fingerprint density at radius 1 is 1.05 bits per heavy atom. The van der Waals surface area contributed by atoms with E-state index in [1.54, 1.807) is 6.07 Å². The molecule has 2 rings (SSSR count). The number of thiocarbonyl (C=S) groups is 1. The van der Waals surface area contributed by atoms with Gasteiger partial charge in [-0.2, -0.15) is 0 Å². The predicted molar refractivity (Wildman–Crippen MR) is 76.5 cm³/mol. The molecule has 0 saturated heterocycles. The van der Waals surface area contributed by atoms with E-state index in [4.69, 9.17) is 12.2 Å². The third kappa shape index (κ3) is 3.58. The molecule has 1 amide bonds. The van der Waals surface area contributed by atoms with Gasteiger partial charge in [0.15, 0.2) is 5.11 Å². The van der Waals surface area contributed by atoms with Crippen molar-refractivity contribution in [1.82, 2.24) is 5.32 Å². The average molecular weight is 292 g/mol. The second-order valence-corrected chi connectivity index (χ2v) is 4.31. The van der Waals surface area contributed by atoms with Gasteiger partial charge in [0.1, 0.15) is 11.6 Å². The zero-order chi connectivity index (χ0) is 14.5. The summed E-state index contributed by atoms with van der Waals surface area (Å²) in [4.78, 5) is 11.8. The van der Waals surface area contributed by atoms with E-state index >= 15 is 0 Å². The minimum absolute atomic E-state index is 0.0654. The van der Waals surface area contributed by atoms with E-state index in [0.29, 0.717) is 0 Å². The van der Waals surface area contributed by atoms with Crippen LogP contribution in [0.2, 0.25) is 0 Å². The standard InChI is InChI=1S/C14H10F2N2OS/c15-10-5-3-4-9(8-10)13(19)18-14(20)17-12-7-2-1-6-11(12)16/h1-8H,(H2,17,18,19,20). The molecule has 3 nitrogen and oxygen atoms in total. The van der Waals surface area contributed by atoms with E-state index < -0.39 is 17.5 Å². The Kier molecular flexibility index (Phi) is 4.37. The van der Waals surface area contributed by atoms with Gasteiger partial charge >= 0.3 is 0 Å². The van der Waals surface area contributed by atoms with Gasteiger partial charge in [0, 0.05) is 5.56 Å². The first-order valence-corrected chi connectivity index (χ1v) is 6.09. The zero-order valence-electron chi connectivity index (χ0n) is 10.2. The van der Waals surface area contributed by atoms with Gasteiger partial charge in [-0.15, -0.1) is 0 Å². The Bertz CT molecular complexity index is 661. The van der Waals surface area contributed by atoms with Gasteiger partial charge in [-0.25, -0.2) is 8.78 Å². The number of nitrogens with one attached hydrogen (secondary N) is 2. The first-order chi connectivity index (χ1) is 9.56. The monoisotopic (exact) mass is 292 g/mol. The SMILES string of the molecule is O=C(NC(=S)Nc1ccccc1F)c1cccc(F)c1. The van der Waals surface area contributed by atoms with Crippen molar-refractivity contribution in [3.63, 3.8) is 0 Å². The maximum Gasteiger partial charge on any atom is 0.257 e. The van der Waals surface area contributed by atoms with Gasteiger partial charge in [0.25, 0.3) is 5.91 Å². The number of rotatable bonds is 2.